The summed E-state index contributed by atoms with van der Waals surface area (Å²) in [7, 11) is 0. The number of aromatic carboxylic acids is 1. The number of nitrogens with one attached hydrogen (secondary N) is 1. The van der Waals surface area contributed by atoms with Crippen molar-refractivity contribution in [2.75, 3.05) is 13.1 Å². The van der Waals surface area contributed by atoms with Gasteiger partial charge in [-0.2, -0.15) is 0 Å². The van der Waals surface area contributed by atoms with Gasteiger partial charge in [-0.25, -0.2) is 9.78 Å². The van der Waals surface area contributed by atoms with E-state index in [1.54, 1.807) is 6.07 Å². The molecule has 1 fully saturated rings. The molecule has 2 heterocycles. The monoisotopic (exact) mass is 277 g/mol. The summed E-state index contributed by atoms with van der Waals surface area (Å²) in [6.45, 7) is 3.94. The molecule has 0 unspecified atom stereocenters. The number of carboxylic acid groups (broad SMARTS) is 1. The van der Waals surface area contributed by atoms with Gasteiger partial charge in [0, 0.05) is 32.6 Å². The molecule has 1 aromatic heterocycles. The van der Waals surface area contributed by atoms with Gasteiger partial charge in [-0.15, -0.1) is 0 Å². The minimum absolute atomic E-state index is 0.0132. The van der Waals surface area contributed by atoms with Crippen LogP contribution in [0, 0.1) is 0 Å². The molecule has 1 amide bonds. The Morgan fingerprint density at radius 1 is 1.40 bits per heavy atom. The van der Waals surface area contributed by atoms with Gasteiger partial charge in [-0.3, -0.25) is 9.69 Å². The molecule has 1 aromatic rings. The lowest BCUT2D eigenvalue weighted by Gasteiger charge is -2.31. The van der Waals surface area contributed by atoms with Crippen LogP contribution in [0.15, 0.2) is 18.2 Å². The second-order valence-electron chi connectivity index (χ2n) is 5.07. The van der Waals surface area contributed by atoms with Crippen LogP contribution in [0.3, 0.4) is 0 Å². The van der Waals surface area contributed by atoms with Crippen LogP contribution >= 0.6 is 0 Å². The molecule has 0 atom stereocenters. The Labute approximate surface area is 117 Å². The lowest BCUT2D eigenvalue weighted by molar-refractivity contribution is -0.120. The molecule has 108 valence electrons. The lowest BCUT2D eigenvalue weighted by atomic mass is 10.0. The SMILES string of the molecule is CC(=O)NC1CCN(Cc2cccc(C(=O)O)n2)CC1. The minimum atomic E-state index is -1.00. The molecule has 2 rings (SSSR count). The van der Waals surface area contributed by atoms with E-state index in [1.165, 1.54) is 13.0 Å². The number of hydrogen-bond donors (Lipinski definition) is 2. The van der Waals surface area contributed by atoms with E-state index >= 15 is 0 Å². The van der Waals surface area contributed by atoms with Gasteiger partial charge in [-0.05, 0) is 25.0 Å². The summed E-state index contributed by atoms with van der Waals surface area (Å²) in [5.41, 5.74) is 0.846. The molecular weight excluding hydrogens is 258 g/mol. The topological polar surface area (TPSA) is 82.5 Å². The van der Waals surface area contributed by atoms with Crippen LogP contribution in [-0.2, 0) is 11.3 Å². The van der Waals surface area contributed by atoms with E-state index in [9.17, 15) is 9.59 Å². The highest BCUT2D eigenvalue weighted by atomic mass is 16.4. The maximum atomic E-state index is 11.0. The minimum Gasteiger partial charge on any atom is -0.477 e. The number of carboxylic acids is 1. The highest BCUT2D eigenvalue weighted by Crippen LogP contribution is 2.13. The first-order chi connectivity index (χ1) is 9.54. The van der Waals surface area contributed by atoms with Gasteiger partial charge in [0.2, 0.25) is 5.91 Å². The fraction of sp³-hybridized carbons (Fsp3) is 0.500. The third kappa shape index (κ3) is 4.03. The maximum absolute atomic E-state index is 11.0. The van der Waals surface area contributed by atoms with Crippen LogP contribution in [0.2, 0.25) is 0 Å². The lowest BCUT2D eigenvalue weighted by Crippen LogP contribution is -2.43. The first-order valence-corrected chi connectivity index (χ1v) is 6.73. The van der Waals surface area contributed by atoms with Crippen LogP contribution < -0.4 is 5.32 Å². The molecule has 20 heavy (non-hydrogen) atoms. The van der Waals surface area contributed by atoms with Crippen LogP contribution in [0.25, 0.3) is 0 Å². The van der Waals surface area contributed by atoms with Crippen molar-refractivity contribution in [3.63, 3.8) is 0 Å². The number of carbonyl (C=O) groups excluding carboxylic acids is 1. The van der Waals surface area contributed by atoms with Gasteiger partial charge in [0.1, 0.15) is 5.69 Å². The Kier molecular flexibility index (Phi) is 4.68. The van der Waals surface area contributed by atoms with Crippen molar-refractivity contribution in [3.8, 4) is 0 Å². The highest BCUT2D eigenvalue weighted by Gasteiger charge is 2.20. The van der Waals surface area contributed by atoms with Crippen molar-refractivity contribution >= 4 is 11.9 Å². The van der Waals surface area contributed by atoms with Gasteiger partial charge in [0.25, 0.3) is 0 Å². The smallest absolute Gasteiger partial charge is 0.354 e. The summed E-state index contributed by atoms with van der Waals surface area (Å²) in [6, 6.07) is 5.30. The summed E-state index contributed by atoms with van der Waals surface area (Å²) in [5.74, 6) is -0.990. The van der Waals surface area contributed by atoms with Crippen molar-refractivity contribution in [3.05, 3.63) is 29.6 Å². The largest absolute Gasteiger partial charge is 0.477 e. The first-order valence-electron chi connectivity index (χ1n) is 6.73. The number of pyridine rings is 1. The number of carbonyl (C=O) groups is 2. The Morgan fingerprint density at radius 2 is 2.10 bits per heavy atom. The third-order valence-electron chi connectivity index (χ3n) is 3.41. The van der Waals surface area contributed by atoms with E-state index in [1.807, 2.05) is 6.07 Å². The number of nitrogens with zero attached hydrogens (tertiary/aromatic N) is 2. The van der Waals surface area contributed by atoms with Crippen molar-refractivity contribution < 1.29 is 14.7 Å². The van der Waals surface area contributed by atoms with Gasteiger partial charge in [-0.1, -0.05) is 6.07 Å². The molecule has 0 aromatic carbocycles. The molecule has 0 radical (unpaired) electrons. The number of piperidine rings is 1. The van der Waals surface area contributed by atoms with Gasteiger partial charge in [0.05, 0.1) is 5.69 Å². The Morgan fingerprint density at radius 3 is 2.70 bits per heavy atom. The molecule has 1 aliphatic rings. The molecule has 1 aliphatic heterocycles. The Balaban J connectivity index is 1.88. The number of aromatic nitrogens is 1. The molecule has 0 aliphatic carbocycles. The fourth-order valence-corrected chi connectivity index (χ4v) is 2.44. The maximum Gasteiger partial charge on any atom is 0.354 e. The van der Waals surface area contributed by atoms with Crippen molar-refractivity contribution in [1.29, 1.82) is 0 Å². The van der Waals surface area contributed by atoms with Crippen molar-refractivity contribution in [1.82, 2.24) is 15.2 Å². The Bertz CT molecular complexity index is 496. The zero-order valence-electron chi connectivity index (χ0n) is 11.5. The average Bonchev–Trinajstić information content (AvgIpc) is 2.41. The normalized spacial score (nSPS) is 16.9. The summed E-state index contributed by atoms with van der Waals surface area (Å²) in [4.78, 5) is 28.2. The van der Waals surface area contributed by atoms with E-state index in [0.29, 0.717) is 6.54 Å². The zero-order chi connectivity index (χ0) is 14.5. The van der Waals surface area contributed by atoms with E-state index < -0.39 is 5.97 Å². The van der Waals surface area contributed by atoms with Crippen molar-refractivity contribution in [2.24, 2.45) is 0 Å². The summed E-state index contributed by atoms with van der Waals surface area (Å²) >= 11 is 0. The van der Waals surface area contributed by atoms with Crippen LogP contribution in [0.4, 0.5) is 0 Å². The number of likely N-dealkylation sites (tertiary alicyclic amines) is 1. The summed E-state index contributed by atoms with van der Waals surface area (Å²) in [5, 5.41) is 11.8. The molecular formula is C14H19N3O3. The zero-order valence-corrected chi connectivity index (χ0v) is 11.5. The number of amides is 1. The third-order valence-corrected chi connectivity index (χ3v) is 3.41. The Hall–Kier alpha value is -1.95. The van der Waals surface area contributed by atoms with Crippen LogP contribution in [-0.4, -0.2) is 46.0 Å². The highest BCUT2D eigenvalue weighted by molar-refractivity contribution is 5.85. The predicted octanol–water partition coefficient (Wildman–Crippen LogP) is 0.880. The molecule has 6 heteroatoms. The molecule has 2 N–H and O–H groups in total. The van der Waals surface area contributed by atoms with E-state index in [0.717, 1.165) is 31.6 Å². The van der Waals surface area contributed by atoms with E-state index in [2.05, 4.69) is 15.2 Å². The first kappa shape index (κ1) is 14.5. The average molecular weight is 277 g/mol. The predicted molar refractivity (Wildman–Crippen MR) is 73.3 cm³/mol. The van der Waals surface area contributed by atoms with Gasteiger partial charge < -0.3 is 10.4 Å². The molecule has 0 bridgehead atoms. The summed E-state index contributed by atoms with van der Waals surface area (Å²) in [6.07, 6.45) is 1.83. The van der Waals surface area contributed by atoms with Gasteiger partial charge in [0.15, 0.2) is 0 Å². The number of hydrogen-bond acceptors (Lipinski definition) is 4. The molecule has 0 saturated carbocycles. The van der Waals surface area contributed by atoms with Gasteiger partial charge >= 0.3 is 5.97 Å². The van der Waals surface area contributed by atoms with Crippen LogP contribution in [0.5, 0.6) is 0 Å². The van der Waals surface area contributed by atoms with Crippen LogP contribution in [0.1, 0.15) is 35.9 Å². The standard InChI is InChI=1S/C14H19N3O3/c1-10(18)15-11-5-7-17(8-6-11)9-12-3-2-4-13(16-12)14(19)20/h2-4,11H,5-9H2,1H3,(H,15,18)(H,19,20). The molecule has 0 spiro atoms. The van der Waals surface area contributed by atoms with Crippen molar-refractivity contribution in [2.45, 2.75) is 32.4 Å². The second kappa shape index (κ2) is 6.47. The molecule has 6 nitrogen and oxygen atoms in total. The summed E-state index contributed by atoms with van der Waals surface area (Å²) < 4.78 is 0. The molecule has 1 saturated heterocycles. The number of rotatable bonds is 4. The second-order valence-corrected chi connectivity index (χ2v) is 5.07. The fourth-order valence-electron chi connectivity index (χ4n) is 2.44. The quantitative estimate of drug-likeness (QED) is 0.853. The van der Waals surface area contributed by atoms with E-state index in [4.69, 9.17) is 5.11 Å². The van der Waals surface area contributed by atoms with E-state index in [-0.39, 0.29) is 17.6 Å².